The van der Waals surface area contributed by atoms with Crippen molar-refractivity contribution >= 4 is 0 Å². The molecule has 0 bridgehead atoms. The standard InChI is InChI=1S/C25H21.3ClH.Ti/c1-20-17-18-24(19-20)25(21-11-5-2-6-12-21,22-13-7-3-8-14-22)23-15-9-4-10-16-23;;;;/h2-19H,1H3;3*1H;/q-1;;;;+4/p-3. The van der Waals surface area contributed by atoms with Gasteiger partial charge in [-0.2, -0.15) is 12.1 Å². The average Bonchev–Trinajstić information content (AvgIpc) is 3.12. The molecule has 0 aromatic heterocycles. The first-order valence-electron chi connectivity index (χ1n) is 8.72. The second kappa shape index (κ2) is 12.3. The zero-order valence-electron chi connectivity index (χ0n) is 16.0. The van der Waals surface area contributed by atoms with E-state index >= 15 is 0 Å². The Morgan fingerprint density at radius 3 is 1.17 bits per heavy atom. The van der Waals surface area contributed by atoms with Gasteiger partial charge in [-0.25, -0.2) is 11.6 Å². The summed E-state index contributed by atoms with van der Waals surface area (Å²) in [5.41, 5.74) is 6.17. The van der Waals surface area contributed by atoms with Crippen molar-refractivity contribution in [3.63, 3.8) is 0 Å². The summed E-state index contributed by atoms with van der Waals surface area (Å²) in [6.07, 6.45) is 0. The molecule has 0 heterocycles. The predicted octanol–water partition coefficient (Wildman–Crippen LogP) is -2.89. The summed E-state index contributed by atoms with van der Waals surface area (Å²) in [6.45, 7) is 2.16. The van der Waals surface area contributed by atoms with E-state index in [0.717, 1.165) is 0 Å². The van der Waals surface area contributed by atoms with Crippen LogP contribution in [0.3, 0.4) is 0 Å². The van der Waals surface area contributed by atoms with Gasteiger partial charge in [0.1, 0.15) is 0 Å². The molecule has 0 N–H and O–H groups in total. The Morgan fingerprint density at radius 2 is 0.897 bits per heavy atom. The van der Waals surface area contributed by atoms with E-state index in [1.807, 2.05) is 0 Å². The van der Waals surface area contributed by atoms with Gasteiger partial charge in [-0.3, -0.25) is 0 Å². The molecule has 0 spiro atoms. The minimum absolute atomic E-state index is 0. The summed E-state index contributed by atoms with van der Waals surface area (Å²) in [7, 11) is 0. The fourth-order valence-electron chi connectivity index (χ4n) is 3.86. The van der Waals surface area contributed by atoms with Crippen molar-refractivity contribution in [1.29, 1.82) is 0 Å². The Morgan fingerprint density at radius 1 is 0.552 bits per heavy atom. The van der Waals surface area contributed by atoms with Crippen molar-refractivity contribution in [1.82, 2.24) is 0 Å². The van der Waals surface area contributed by atoms with E-state index in [1.54, 1.807) is 0 Å². The van der Waals surface area contributed by atoms with Crippen LogP contribution in [0, 0.1) is 6.92 Å². The summed E-state index contributed by atoms with van der Waals surface area (Å²) >= 11 is 0. The molecule has 0 aliphatic carbocycles. The SMILES string of the molecule is Cc1cc[c-](C(c2ccccc2)(c2ccccc2)c2ccccc2)c1.[Cl-].[Cl-].[Cl-].[Ti+4]. The van der Waals surface area contributed by atoms with Gasteiger partial charge in [0, 0.05) is 5.41 Å². The fraction of sp³-hybridized carbons (Fsp3) is 0.0800. The molecule has 0 unspecified atom stereocenters. The van der Waals surface area contributed by atoms with Crippen LogP contribution in [-0.2, 0) is 27.1 Å². The van der Waals surface area contributed by atoms with E-state index in [2.05, 4.69) is 116 Å². The molecule has 4 heteroatoms. The van der Waals surface area contributed by atoms with E-state index in [0.29, 0.717) is 0 Å². The second-order valence-corrected chi connectivity index (χ2v) is 6.53. The van der Waals surface area contributed by atoms with Crippen molar-refractivity contribution in [2.75, 3.05) is 0 Å². The van der Waals surface area contributed by atoms with Gasteiger partial charge in [0.2, 0.25) is 0 Å². The third kappa shape index (κ3) is 5.20. The van der Waals surface area contributed by atoms with Crippen LogP contribution in [0.25, 0.3) is 0 Å². The molecule has 146 valence electrons. The molecular weight excluding hydrogens is 455 g/mol. The zero-order chi connectivity index (χ0) is 17.1. The average molecular weight is 476 g/mol. The van der Waals surface area contributed by atoms with Crippen molar-refractivity contribution < 1.29 is 58.9 Å². The molecule has 29 heavy (non-hydrogen) atoms. The Labute approximate surface area is 207 Å². The van der Waals surface area contributed by atoms with Crippen LogP contribution in [0.4, 0.5) is 0 Å². The topological polar surface area (TPSA) is 0 Å². The van der Waals surface area contributed by atoms with Gasteiger partial charge in [0.25, 0.3) is 0 Å². The summed E-state index contributed by atoms with van der Waals surface area (Å²) < 4.78 is 0. The van der Waals surface area contributed by atoms with Gasteiger partial charge < -0.3 is 37.2 Å². The van der Waals surface area contributed by atoms with Crippen LogP contribution < -0.4 is 37.2 Å². The Hall–Kier alpha value is -1.41. The number of hydrogen-bond acceptors (Lipinski definition) is 0. The van der Waals surface area contributed by atoms with Gasteiger partial charge >= 0.3 is 21.7 Å². The minimum atomic E-state index is -0.308. The third-order valence-corrected chi connectivity index (χ3v) is 4.96. The largest absolute Gasteiger partial charge is 4.00 e. The van der Waals surface area contributed by atoms with Crippen molar-refractivity contribution in [2.45, 2.75) is 12.3 Å². The normalized spacial score (nSPS) is 9.83. The molecule has 0 saturated heterocycles. The van der Waals surface area contributed by atoms with Crippen LogP contribution in [-0.4, -0.2) is 0 Å². The molecule has 4 aromatic rings. The maximum Gasteiger partial charge on any atom is 4.00 e. The molecular formula is C25H21Cl3Ti. The van der Waals surface area contributed by atoms with Gasteiger partial charge in [-0.1, -0.05) is 97.9 Å². The van der Waals surface area contributed by atoms with E-state index in [9.17, 15) is 0 Å². The Kier molecular flexibility index (Phi) is 11.7. The fourth-order valence-corrected chi connectivity index (χ4v) is 3.86. The van der Waals surface area contributed by atoms with Gasteiger partial charge in [-0.05, 0) is 16.7 Å². The van der Waals surface area contributed by atoms with E-state index in [-0.39, 0.29) is 64.4 Å². The number of halogens is 3. The van der Waals surface area contributed by atoms with E-state index in [1.165, 1.54) is 27.8 Å². The smallest absolute Gasteiger partial charge is 1.00 e. The summed E-state index contributed by atoms with van der Waals surface area (Å²) in [4.78, 5) is 0. The monoisotopic (exact) mass is 474 g/mol. The molecule has 4 rings (SSSR count). The maximum absolute atomic E-state index is 2.31. The molecule has 0 aliphatic rings. The van der Waals surface area contributed by atoms with Crippen LogP contribution >= 0.6 is 0 Å². The minimum Gasteiger partial charge on any atom is -1.00 e. The molecule has 0 aliphatic heterocycles. The first-order chi connectivity index (χ1) is 12.3. The number of benzene rings is 3. The number of hydrogen-bond donors (Lipinski definition) is 0. The zero-order valence-corrected chi connectivity index (χ0v) is 19.9. The maximum atomic E-state index is 2.31. The summed E-state index contributed by atoms with van der Waals surface area (Å²) in [5.74, 6) is 0. The summed E-state index contributed by atoms with van der Waals surface area (Å²) in [5, 5.41) is 0. The third-order valence-electron chi connectivity index (χ3n) is 4.96. The molecule has 4 aromatic carbocycles. The van der Waals surface area contributed by atoms with Gasteiger partial charge in [0.15, 0.2) is 0 Å². The quantitative estimate of drug-likeness (QED) is 0.169. The van der Waals surface area contributed by atoms with Crippen LogP contribution in [0.1, 0.15) is 27.8 Å². The van der Waals surface area contributed by atoms with Gasteiger partial charge in [0.05, 0.1) is 0 Å². The van der Waals surface area contributed by atoms with Gasteiger partial charge in [-0.15, -0.1) is 5.56 Å². The van der Waals surface area contributed by atoms with Crippen molar-refractivity contribution in [3.05, 3.63) is 137 Å². The molecule has 0 saturated carbocycles. The second-order valence-electron chi connectivity index (χ2n) is 6.53. The molecule has 0 atom stereocenters. The van der Waals surface area contributed by atoms with E-state index in [4.69, 9.17) is 0 Å². The first-order valence-corrected chi connectivity index (χ1v) is 8.72. The van der Waals surface area contributed by atoms with Crippen LogP contribution in [0.5, 0.6) is 0 Å². The molecule has 0 amide bonds. The number of rotatable bonds is 4. The van der Waals surface area contributed by atoms with Crippen molar-refractivity contribution in [3.8, 4) is 0 Å². The Bertz CT molecular complexity index is 854. The molecule has 0 fully saturated rings. The van der Waals surface area contributed by atoms with E-state index < -0.39 is 0 Å². The summed E-state index contributed by atoms with van der Waals surface area (Å²) in [6, 6.07) is 39.3. The molecule has 0 nitrogen and oxygen atoms in total. The predicted molar refractivity (Wildman–Crippen MR) is 105 cm³/mol. The number of aryl methyl sites for hydroxylation is 1. The van der Waals surface area contributed by atoms with Crippen LogP contribution in [0.15, 0.2) is 109 Å². The Balaban J connectivity index is 0.00000196. The molecule has 0 radical (unpaired) electrons. The van der Waals surface area contributed by atoms with Crippen LogP contribution in [0.2, 0.25) is 0 Å². The van der Waals surface area contributed by atoms with Crippen molar-refractivity contribution in [2.24, 2.45) is 0 Å². The first kappa shape index (κ1) is 27.6.